The van der Waals surface area contributed by atoms with Crippen molar-refractivity contribution in [2.24, 2.45) is 5.73 Å². The minimum absolute atomic E-state index is 0.226. The number of methoxy groups -OCH3 is 1. The zero-order valence-corrected chi connectivity index (χ0v) is 11.9. The lowest BCUT2D eigenvalue weighted by Crippen LogP contribution is -2.27. The Morgan fingerprint density at radius 3 is 2.90 bits per heavy atom. The van der Waals surface area contributed by atoms with Crippen LogP contribution in [-0.4, -0.2) is 31.2 Å². The molecule has 0 saturated heterocycles. The molecule has 21 heavy (non-hydrogen) atoms. The number of carbonyl (C=O) groups is 1. The Hall–Kier alpha value is -2.18. The van der Waals surface area contributed by atoms with Crippen LogP contribution in [0.1, 0.15) is 28.0 Å². The van der Waals surface area contributed by atoms with Gasteiger partial charge in [0.05, 0.1) is 12.6 Å². The van der Waals surface area contributed by atoms with Crippen LogP contribution in [0, 0.1) is 0 Å². The van der Waals surface area contributed by atoms with Crippen LogP contribution in [0.5, 0.6) is 0 Å². The van der Waals surface area contributed by atoms with Gasteiger partial charge in [-0.1, -0.05) is 30.3 Å². The third-order valence-corrected chi connectivity index (χ3v) is 2.96. The maximum absolute atomic E-state index is 11.8. The topological polar surface area (TPSA) is 90.4 Å². The molecule has 2 rings (SSSR count). The maximum atomic E-state index is 11.8. The highest BCUT2D eigenvalue weighted by atomic mass is 16.5. The number of ether oxygens (including phenoxy) is 1. The molecule has 1 aromatic carbocycles. The standard InChI is InChI=1S/C15H19N3O3/c1-20-8-7-17-14(19)13-10-21-15(18-13)12(16)9-11-5-3-2-4-6-11/h2-6,10,12H,7-9,16H2,1H3,(H,17,19). The molecule has 6 heteroatoms. The average molecular weight is 289 g/mol. The SMILES string of the molecule is COCCNC(=O)c1coc(C(N)Cc2ccccc2)n1. The Kier molecular flexibility index (Phi) is 5.48. The van der Waals surface area contributed by atoms with E-state index in [2.05, 4.69) is 10.3 Å². The Bertz CT molecular complexity index is 569. The molecule has 0 aliphatic heterocycles. The number of aromatic nitrogens is 1. The van der Waals surface area contributed by atoms with E-state index in [9.17, 15) is 4.79 Å². The normalized spacial score (nSPS) is 12.1. The molecule has 0 aliphatic carbocycles. The minimum atomic E-state index is -0.382. The second-order valence-electron chi connectivity index (χ2n) is 4.62. The molecule has 0 spiro atoms. The molecule has 0 saturated carbocycles. The predicted octanol–water partition coefficient (Wildman–Crippen LogP) is 1.29. The fourth-order valence-electron chi connectivity index (χ4n) is 1.87. The van der Waals surface area contributed by atoms with Gasteiger partial charge < -0.3 is 20.2 Å². The number of oxazole rings is 1. The van der Waals surface area contributed by atoms with Gasteiger partial charge in [-0.05, 0) is 12.0 Å². The zero-order valence-electron chi connectivity index (χ0n) is 11.9. The fraction of sp³-hybridized carbons (Fsp3) is 0.333. The van der Waals surface area contributed by atoms with E-state index in [4.69, 9.17) is 14.9 Å². The highest BCUT2D eigenvalue weighted by molar-refractivity contribution is 5.91. The summed E-state index contributed by atoms with van der Waals surface area (Å²) in [6.45, 7) is 0.873. The first-order valence-corrected chi connectivity index (χ1v) is 6.72. The molecule has 3 N–H and O–H groups in total. The van der Waals surface area contributed by atoms with Crippen LogP contribution in [-0.2, 0) is 11.2 Å². The van der Waals surface area contributed by atoms with E-state index in [0.29, 0.717) is 25.5 Å². The molecule has 0 radical (unpaired) electrons. The Morgan fingerprint density at radius 2 is 2.19 bits per heavy atom. The second-order valence-corrected chi connectivity index (χ2v) is 4.62. The van der Waals surface area contributed by atoms with Gasteiger partial charge in [-0.2, -0.15) is 0 Å². The lowest BCUT2D eigenvalue weighted by molar-refractivity contribution is 0.0932. The number of amides is 1. The van der Waals surface area contributed by atoms with E-state index in [0.717, 1.165) is 5.56 Å². The molecule has 1 unspecified atom stereocenters. The largest absolute Gasteiger partial charge is 0.446 e. The van der Waals surface area contributed by atoms with E-state index in [-0.39, 0.29) is 17.6 Å². The van der Waals surface area contributed by atoms with Crippen molar-refractivity contribution >= 4 is 5.91 Å². The highest BCUT2D eigenvalue weighted by Gasteiger charge is 2.17. The maximum Gasteiger partial charge on any atom is 0.273 e. The molecule has 6 nitrogen and oxygen atoms in total. The number of nitrogens with two attached hydrogens (primary N) is 1. The van der Waals surface area contributed by atoms with Gasteiger partial charge in [0.2, 0.25) is 5.89 Å². The smallest absolute Gasteiger partial charge is 0.273 e. The van der Waals surface area contributed by atoms with Crippen molar-refractivity contribution in [3.05, 3.63) is 53.7 Å². The zero-order chi connectivity index (χ0) is 15.1. The highest BCUT2D eigenvalue weighted by Crippen LogP contribution is 2.15. The van der Waals surface area contributed by atoms with Crippen LogP contribution >= 0.6 is 0 Å². The molecule has 112 valence electrons. The lowest BCUT2D eigenvalue weighted by Gasteiger charge is -2.07. The van der Waals surface area contributed by atoms with E-state index in [1.807, 2.05) is 30.3 Å². The number of nitrogens with zero attached hydrogens (tertiary/aromatic N) is 1. The van der Waals surface area contributed by atoms with Gasteiger partial charge in [0, 0.05) is 13.7 Å². The first-order chi connectivity index (χ1) is 10.2. The second kappa shape index (κ2) is 7.56. The predicted molar refractivity (Wildman–Crippen MR) is 77.8 cm³/mol. The molecule has 1 atom stereocenters. The summed E-state index contributed by atoms with van der Waals surface area (Å²) in [5.41, 5.74) is 7.37. The summed E-state index contributed by atoms with van der Waals surface area (Å²) in [6, 6.07) is 9.44. The van der Waals surface area contributed by atoms with Crippen LogP contribution in [0.3, 0.4) is 0 Å². The van der Waals surface area contributed by atoms with Gasteiger partial charge >= 0.3 is 0 Å². The Labute approximate surface area is 123 Å². The van der Waals surface area contributed by atoms with Gasteiger partial charge in [0.1, 0.15) is 6.26 Å². The minimum Gasteiger partial charge on any atom is -0.446 e. The van der Waals surface area contributed by atoms with Crippen LogP contribution in [0.15, 0.2) is 41.0 Å². The van der Waals surface area contributed by atoms with Gasteiger partial charge in [-0.25, -0.2) is 4.98 Å². The molecule has 0 bridgehead atoms. The molecule has 1 aromatic heterocycles. The quantitative estimate of drug-likeness (QED) is 0.750. The first kappa shape index (κ1) is 15.2. The Balaban J connectivity index is 1.94. The lowest BCUT2D eigenvalue weighted by atomic mass is 10.1. The molecule has 1 amide bonds. The molecule has 0 fully saturated rings. The number of hydrogen-bond donors (Lipinski definition) is 2. The van der Waals surface area contributed by atoms with Crippen molar-refractivity contribution in [2.45, 2.75) is 12.5 Å². The first-order valence-electron chi connectivity index (χ1n) is 6.72. The summed E-state index contributed by atoms with van der Waals surface area (Å²) in [5, 5.41) is 2.67. The van der Waals surface area contributed by atoms with E-state index in [1.165, 1.54) is 6.26 Å². The number of carbonyl (C=O) groups excluding carboxylic acids is 1. The van der Waals surface area contributed by atoms with Gasteiger partial charge in [0.25, 0.3) is 5.91 Å². The molecule has 0 aliphatic rings. The number of rotatable bonds is 7. The van der Waals surface area contributed by atoms with Crippen LogP contribution in [0.4, 0.5) is 0 Å². The summed E-state index contributed by atoms with van der Waals surface area (Å²) in [5.74, 6) is 0.0599. The Morgan fingerprint density at radius 1 is 1.43 bits per heavy atom. The molecule has 2 aromatic rings. The number of benzene rings is 1. The van der Waals surface area contributed by atoms with Crippen molar-refractivity contribution < 1.29 is 13.9 Å². The molecular formula is C15H19N3O3. The third-order valence-electron chi connectivity index (χ3n) is 2.96. The summed E-state index contributed by atoms with van der Waals surface area (Å²) in [6.07, 6.45) is 1.93. The number of hydrogen-bond acceptors (Lipinski definition) is 5. The van der Waals surface area contributed by atoms with Crippen LogP contribution < -0.4 is 11.1 Å². The monoisotopic (exact) mass is 289 g/mol. The van der Waals surface area contributed by atoms with Crippen molar-refractivity contribution in [3.8, 4) is 0 Å². The molecule has 1 heterocycles. The summed E-state index contributed by atoms with van der Waals surface area (Å²) >= 11 is 0. The molecular weight excluding hydrogens is 270 g/mol. The van der Waals surface area contributed by atoms with Crippen molar-refractivity contribution in [3.63, 3.8) is 0 Å². The van der Waals surface area contributed by atoms with Crippen molar-refractivity contribution in [1.82, 2.24) is 10.3 Å². The van der Waals surface area contributed by atoms with Gasteiger partial charge in [0.15, 0.2) is 5.69 Å². The van der Waals surface area contributed by atoms with E-state index in [1.54, 1.807) is 7.11 Å². The van der Waals surface area contributed by atoms with Crippen molar-refractivity contribution in [1.29, 1.82) is 0 Å². The van der Waals surface area contributed by atoms with E-state index < -0.39 is 0 Å². The fourth-order valence-corrected chi connectivity index (χ4v) is 1.87. The van der Waals surface area contributed by atoms with Gasteiger partial charge in [-0.15, -0.1) is 0 Å². The summed E-state index contributed by atoms with van der Waals surface area (Å²) in [7, 11) is 1.57. The van der Waals surface area contributed by atoms with Gasteiger partial charge in [-0.3, -0.25) is 4.79 Å². The summed E-state index contributed by atoms with van der Waals surface area (Å²) < 4.78 is 10.2. The number of nitrogens with one attached hydrogen (secondary N) is 1. The third kappa shape index (κ3) is 4.40. The van der Waals surface area contributed by atoms with Crippen molar-refractivity contribution in [2.75, 3.05) is 20.3 Å². The summed E-state index contributed by atoms with van der Waals surface area (Å²) in [4.78, 5) is 15.9. The van der Waals surface area contributed by atoms with Crippen LogP contribution in [0.25, 0.3) is 0 Å². The average Bonchev–Trinajstić information content (AvgIpc) is 2.98. The van der Waals surface area contributed by atoms with E-state index >= 15 is 0 Å². The van der Waals surface area contributed by atoms with Crippen LogP contribution in [0.2, 0.25) is 0 Å².